The number of nitrogens with zero attached hydrogens (tertiary/aromatic N) is 4. The highest BCUT2D eigenvalue weighted by atomic mass is 35.5. The number of halogens is 2. The van der Waals surface area contributed by atoms with E-state index in [1.54, 1.807) is 35.2 Å². The highest BCUT2D eigenvalue weighted by Gasteiger charge is 2.18. The lowest BCUT2D eigenvalue weighted by Gasteiger charge is -2.24. The Morgan fingerprint density at radius 1 is 1.05 bits per heavy atom. The highest BCUT2D eigenvalue weighted by molar-refractivity contribution is 6.32. The predicted molar refractivity (Wildman–Crippen MR) is 168 cm³/mol. The van der Waals surface area contributed by atoms with Gasteiger partial charge in [0.05, 0.1) is 10.5 Å². The Hall–Kier alpha value is -4.54. The van der Waals surface area contributed by atoms with Crippen molar-refractivity contribution in [2.45, 2.75) is 25.9 Å². The molecule has 0 atom stereocenters. The first-order valence-electron chi connectivity index (χ1n) is 13.7. The minimum atomic E-state index is -0.614. The molecule has 0 spiro atoms. The van der Waals surface area contributed by atoms with Crippen molar-refractivity contribution in [3.05, 3.63) is 95.5 Å². The molecule has 1 aromatic heterocycles. The van der Waals surface area contributed by atoms with Crippen molar-refractivity contribution in [2.75, 3.05) is 37.4 Å². The first-order valence-corrected chi connectivity index (χ1v) is 14.1. The van der Waals surface area contributed by atoms with Crippen molar-refractivity contribution in [1.82, 2.24) is 14.9 Å². The minimum Gasteiger partial charge on any atom is -0.487 e. The van der Waals surface area contributed by atoms with Crippen LogP contribution in [0.2, 0.25) is 5.02 Å². The molecule has 3 aromatic carbocycles. The van der Waals surface area contributed by atoms with Crippen LogP contribution in [-0.2, 0) is 16.2 Å². The number of amides is 2. The molecule has 43 heavy (non-hydrogen) atoms. The van der Waals surface area contributed by atoms with Gasteiger partial charge in [-0.25, -0.2) is 14.4 Å². The molecule has 11 heteroatoms. The minimum absolute atomic E-state index is 0.101. The second-order valence-corrected chi connectivity index (χ2v) is 10.7. The third kappa shape index (κ3) is 8.73. The molecule has 0 saturated carbocycles. The molecule has 3 N–H and O–H groups in total. The first-order chi connectivity index (χ1) is 20.6. The lowest BCUT2D eigenvalue weighted by Crippen LogP contribution is -2.33. The molecule has 0 aliphatic rings. The van der Waals surface area contributed by atoms with Gasteiger partial charge in [0, 0.05) is 35.3 Å². The molecule has 0 radical (unpaired) electrons. The summed E-state index contributed by atoms with van der Waals surface area (Å²) in [4.78, 5) is 37.3. The molecule has 0 bridgehead atoms. The predicted octanol–water partition coefficient (Wildman–Crippen LogP) is 5.85. The summed E-state index contributed by atoms with van der Waals surface area (Å²) in [6, 6.07) is 17.0. The molecular weight excluding hydrogens is 571 g/mol. The Morgan fingerprint density at radius 3 is 2.58 bits per heavy atom. The SMILES string of the molecule is C=C(CCC(=O)N(CCCN(C)C)c1ccc2ncnc(Nc3ccc(OCc4cccc(F)c4)c(Cl)c3)c2c1)C(N)=O. The van der Waals surface area contributed by atoms with Crippen LogP contribution in [0.4, 0.5) is 21.6 Å². The third-order valence-corrected chi connectivity index (χ3v) is 6.98. The van der Waals surface area contributed by atoms with Crippen molar-refractivity contribution < 1.29 is 18.7 Å². The Balaban J connectivity index is 1.55. The van der Waals surface area contributed by atoms with Gasteiger partial charge in [0.25, 0.3) is 0 Å². The fourth-order valence-electron chi connectivity index (χ4n) is 4.39. The Morgan fingerprint density at radius 2 is 1.86 bits per heavy atom. The molecule has 0 unspecified atom stereocenters. The molecule has 0 aliphatic heterocycles. The number of primary amides is 1. The van der Waals surface area contributed by atoms with E-state index in [0.717, 1.165) is 13.0 Å². The Bertz CT molecular complexity index is 1630. The monoisotopic (exact) mass is 604 g/mol. The molecule has 9 nitrogen and oxygen atoms in total. The number of hydrogen-bond acceptors (Lipinski definition) is 7. The summed E-state index contributed by atoms with van der Waals surface area (Å²) < 4.78 is 19.3. The summed E-state index contributed by atoms with van der Waals surface area (Å²) in [5, 5.41) is 4.36. The van der Waals surface area contributed by atoms with E-state index in [0.29, 0.717) is 51.0 Å². The van der Waals surface area contributed by atoms with Crippen LogP contribution in [0.1, 0.15) is 24.8 Å². The van der Waals surface area contributed by atoms with Crippen molar-refractivity contribution in [3.8, 4) is 5.75 Å². The van der Waals surface area contributed by atoms with Crippen LogP contribution in [0.3, 0.4) is 0 Å². The van der Waals surface area contributed by atoms with Gasteiger partial charge < -0.3 is 25.6 Å². The van der Waals surface area contributed by atoms with Crippen molar-refractivity contribution in [1.29, 1.82) is 0 Å². The highest BCUT2D eigenvalue weighted by Crippen LogP contribution is 2.32. The van der Waals surface area contributed by atoms with Crippen molar-refractivity contribution in [2.24, 2.45) is 5.73 Å². The summed E-state index contributed by atoms with van der Waals surface area (Å²) >= 11 is 6.50. The number of rotatable bonds is 14. The number of nitrogens with one attached hydrogen (secondary N) is 1. The zero-order valence-electron chi connectivity index (χ0n) is 24.1. The van der Waals surface area contributed by atoms with Crippen LogP contribution in [0.25, 0.3) is 10.9 Å². The maximum Gasteiger partial charge on any atom is 0.244 e. The van der Waals surface area contributed by atoms with Gasteiger partial charge in [-0.3, -0.25) is 9.59 Å². The van der Waals surface area contributed by atoms with Crippen LogP contribution < -0.4 is 20.7 Å². The van der Waals surface area contributed by atoms with E-state index < -0.39 is 5.91 Å². The number of ether oxygens (including phenoxy) is 1. The van der Waals surface area contributed by atoms with Crippen LogP contribution in [0.15, 0.2) is 79.1 Å². The molecule has 2 amide bonds. The van der Waals surface area contributed by atoms with Crippen LogP contribution in [-0.4, -0.2) is 53.9 Å². The fourth-order valence-corrected chi connectivity index (χ4v) is 4.63. The van der Waals surface area contributed by atoms with E-state index in [1.165, 1.54) is 18.5 Å². The van der Waals surface area contributed by atoms with E-state index in [9.17, 15) is 14.0 Å². The second-order valence-electron chi connectivity index (χ2n) is 10.3. The van der Waals surface area contributed by atoms with Crippen LogP contribution in [0.5, 0.6) is 5.75 Å². The number of aromatic nitrogens is 2. The molecule has 4 rings (SSSR count). The number of anilines is 3. The van der Waals surface area contributed by atoms with Crippen LogP contribution >= 0.6 is 11.6 Å². The van der Waals surface area contributed by atoms with Crippen molar-refractivity contribution >= 4 is 51.5 Å². The molecule has 224 valence electrons. The van der Waals surface area contributed by atoms with E-state index in [-0.39, 0.29) is 36.7 Å². The number of carbonyl (C=O) groups is 2. The van der Waals surface area contributed by atoms with Gasteiger partial charge in [0.15, 0.2) is 0 Å². The molecule has 1 heterocycles. The summed E-state index contributed by atoms with van der Waals surface area (Å²) in [5.41, 5.74) is 8.24. The van der Waals surface area contributed by atoms with E-state index in [2.05, 4.69) is 26.8 Å². The molecule has 4 aromatic rings. The maximum absolute atomic E-state index is 13.5. The maximum atomic E-state index is 13.5. The normalized spacial score (nSPS) is 11.0. The van der Waals surface area contributed by atoms with Gasteiger partial charge in [-0.05, 0) is 87.6 Å². The van der Waals surface area contributed by atoms with Gasteiger partial charge in [-0.15, -0.1) is 0 Å². The van der Waals surface area contributed by atoms with E-state index in [1.807, 2.05) is 32.3 Å². The number of hydrogen-bond donors (Lipinski definition) is 2. The zero-order valence-corrected chi connectivity index (χ0v) is 24.9. The number of benzene rings is 3. The lowest BCUT2D eigenvalue weighted by molar-refractivity contribution is -0.118. The molecule has 0 aliphatic carbocycles. The number of nitrogens with two attached hydrogens (primary N) is 1. The summed E-state index contributed by atoms with van der Waals surface area (Å²) in [5.74, 6) is -0.109. The van der Waals surface area contributed by atoms with Gasteiger partial charge >= 0.3 is 0 Å². The summed E-state index contributed by atoms with van der Waals surface area (Å²) in [6.07, 6.45) is 2.49. The average molecular weight is 605 g/mol. The fraction of sp³-hybridized carbons (Fsp3) is 0.250. The largest absolute Gasteiger partial charge is 0.487 e. The number of fused-ring (bicyclic) bond motifs is 1. The van der Waals surface area contributed by atoms with E-state index in [4.69, 9.17) is 22.1 Å². The zero-order chi connectivity index (χ0) is 30.9. The standard InChI is InChI=1S/C32H34ClFN6O3/c1-21(31(35)42)8-13-30(41)40(15-5-14-39(2)3)25-10-11-28-26(18-25)32(37-20-36-28)38-24-9-12-29(27(33)17-24)43-19-22-6-4-7-23(34)16-22/h4,6-7,9-12,16-18,20H,1,5,8,13-15,19H2,2-3H3,(H2,35,42)(H,36,37,38). The molecule has 0 fully saturated rings. The van der Waals surface area contributed by atoms with Gasteiger partial charge in [0.2, 0.25) is 11.8 Å². The van der Waals surface area contributed by atoms with Gasteiger partial charge in [-0.2, -0.15) is 0 Å². The number of carbonyl (C=O) groups excluding carboxylic acids is 2. The average Bonchev–Trinajstić information content (AvgIpc) is 2.97. The summed E-state index contributed by atoms with van der Waals surface area (Å²) in [6.45, 7) is 5.11. The first kappa shape index (κ1) is 31.4. The Kier molecular flexibility index (Phi) is 10.6. The lowest BCUT2D eigenvalue weighted by atomic mass is 10.1. The quantitative estimate of drug-likeness (QED) is 0.174. The Labute approximate surface area is 255 Å². The molecule has 0 saturated heterocycles. The van der Waals surface area contributed by atoms with Crippen LogP contribution in [0, 0.1) is 5.82 Å². The second kappa shape index (κ2) is 14.6. The van der Waals surface area contributed by atoms with Crippen molar-refractivity contribution in [3.63, 3.8) is 0 Å². The smallest absolute Gasteiger partial charge is 0.244 e. The third-order valence-electron chi connectivity index (χ3n) is 6.69. The topological polar surface area (TPSA) is 114 Å². The van der Waals surface area contributed by atoms with E-state index >= 15 is 0 Å². The summed E-state index contributed by atoms with van der Waals surface area (Å²) in [7, 11) is 3.95. The molecular formula is C32H34ClFN6O3. The van der Waals surface area contributed by atoms with Gasteiger partial charge in [-0.1, -0.05) is 30.3 Å². The van der Waals surface area contributed by atoms with Gasteiger partial charge in [0.1, 0.15) is 30.3 Å².